The maximum Gasteiger partial charge on any atom is 0.116 e. The third-order valence-corrected chi connectivity index (χ3v) is 26.6. The van der Waals surface area contributed by atoms with Crippen LogP contribution in [-0.4, -0.2) is 115 Å². The first-order valence-electron chi connectivity index (χ1n) is 17.7. The van der Waals surface area contributed by atoms with E-state index >= 15 is 0 Å². The van der Waals surface area contributed by atoms with Gasteiger partial charge >= 0.3 is 0 Å². The number of hydrogen-bond donors (Lipinski definition) is 2. The Labute approximate surface area is 310 Å². The van der Waals surface area contributed by atoms with E-state index in [4.69, 9.17) is 41.6 Å². The van der Waals surface area contributed by atoms with Crippen molar-refractivity contribution < 1.29 is 19.3 Å². The van der Waals surface area contributed by atoms with Gasteiger partial charge in [-0.25, -0.2) is 8.15 Å². The molecule has 47 heavy (non-hydrogen) atoms. The van der Waals surface area contributed by atoms with Crippen LogP contribution in [0.2, 0.25) is 0 Å². The van der Waals surface area contributed by atoms with E-state index in [9.17, 15) is 0 Å². The van der Waals surface area contributed by atoms with E-state index in [1.54, 1.807) is 0 Å². The molecule has 3 aliphatic heterocycles. The summed E-state index contributed by atoms with van der Waals surface area (Å²) in [5, 5.41) is 17.9. The van der Waals surface area contributed by atoms with Gasteiger partial charge in [-0.2, -0.15) is 8.15 Å². The van der Waals surface area contributed by atoms with Gasteiger partial charge in [0.2, 0.25) is 0 Å². The van der Waals surface area contributed by atoms with E-state index in [-0.39, 0.29) is 55.4 Å². The fourth-order valence-corrected chi connectivity index (χ4v) is 25.5. The molecule has 2 N–H and O–H groups in total. The molecule has 4 rings (SSSR count). The highest BCUT2D eigenvalue weighted by Crippen LogP contribution is 2.59. The lowest BCUT2D eigenvalue weighted by molar-refractivity contribution is -0.00865. The molecule has 0 amide bonds. The van der Waals surface area contributed by atoms with Crippen LogP contribution in [0.15, 0.2) is 0 Å². The maximum absolute atomic E-state index is 8.93. The molecule has 0 radical (unpaired) electrons. The van der Waals surface area contributed by atoms with Gasteiger partial charge in [-0.15, -0.1) is 0 Å². The average Bonchev–Trinajstić information content (AvgIpc) is 3.19. The van der Waals surface area contributed by atoms with Gasteiger partial charge in [0.15, 0.2) is 0 Å². The summed E-state index contributed by atoms with van der Waals surface area (Å²) in [6, 6.07) is 0. The highest BCUT2D eigenvalue weighted by Gasteiger charge is 2.41. The molecular weight excluding hydrogens is 745 g/mol. The highest BCUT2D eigenvalue weighted by atomic mass is 32.8. The van der Waals surface area contributed by atoms with Crippen molar-refractivity contribution in [2.75, 3.05) is 64.2 Å². The first kappa shape index (κ1) is 47.6. The molecule has 0 aromatic rings. The van der Waals surface area contributed by atoms with Crippen LogP contribution >= 0.6 is 32.7 Å². The van der Waals surface area contributed by atoms with Gasteiger partial charge in [0.1, 0.15) is 16.6 Å². The molecule has 9 atom stereocenters. The zero-order valence-electron chi connectivity index (χ0n) is 30.0. The monoisotopic (exact) mass is 814 g/mol. The zero-order chi connectivity index (χ0) is 34.2. The van der Waals surface area contributed by atoms with Crippen LogP contribution < -0.4 is 0 Å². The van der Waals surface area contributed by atoms with Crippen molar-refractivity contribution >= 4 is 74.8 Å². The molecule has 3 heterocycles. The van der Waals surface area contributed by atoms with E-state index in [1.807, 2.05) is 0 Å². The number of rotatable bonds is 10. The van der Waals surface area contributed by atoms with Gasteiger partial charge in [-0.1, -0.05) is 61.8 Å². The predicted octanol–water partition coefficient (Wildman–Crippen LogP) is 8.87. The maximum atomic E-state index is 8.93. The first-order valence-corrected chi connectivity index (χ1v) is 28.5. The minimum absolute atomic E-state index is 0. The molecule has 5 unspecified atom stereocenters. The van der Waals surface area contributed by atoms with Crippen molar-refractivity contribution in [2.45, 2.75) is 138 Å². The summed E-state index contributed by atoms with van der Waals surface area (Å²) in [6.45, 7) is 22.7. The summed E-state index contributed by atoms with van der Waals surface area (Å²) in [7, 11) is -1.39. The fraction of sp³-hybridized carbons (Fsp3) is 1.00. The molecule has 0 aromatic carbocycles. The van der Waals surface area contributed by atoms with Crippen LogP contribution in [0.1, 0.15) is 113 Å². The van der Waals surface area contributed by atoms with Gasteiger partial charge in [0.05, 0.1) is 24.4 Å². The molecule has 1 saturated carbocycles. The molecule has 4 fully saturated rings. The fourth-order valence-electron chi connectivity index (χ4n) is 5.59. The molecule has 0 aromatic heterocycles. The summed E-state index contributed by atoms with van der Waals surface area (Å²) < 4.78 is 23.3. The Balaban J connectivity index is 0.000000386. The lowest BCUT2D eigenvalue weighted by Crippen LogP contribution is -2.32. The first-order chi connectivity index (χ1) is 22.1. The van der Waals surface area contributed by atoms with Crippen LogP contribution in [0.5, 0.6) is 0 Å². The quantitative estimate of drug-likeness (QED) is 0.209. The summed E-state index contributed by atoms with van der Waals surface area (Å²) in [5.74, 6) is 0. The third kappa shape index (κ3) is 15.1. The van der Waals surface area contributed by atoms with E-state index in [2.05, 4.69) is 71.2 Å². The van der Waals surface area contributed by atoms with E-state index < -0.39 is 28.8 Å². The summed E-state index contributed by atoms with van der Waals surface area (Å²) in [5.41, 5.74) is 0. The molecule has 4 aliphatic rings. The Hall–Kier alpha value is 2.54. The number of hydrogen-bond acceptors (Lipinski definition) is 6. The van der Waals surface area contributed by atoms with Crippen molar-refractivity contribution in [3.63, 3.8) is 0 Å². The molecule has 1 aliphatic carbocycles. The topological polar surface area (TPSA) is 71.9 Å². The third-order valence-electron chi connectivity index (χ3n) is 8.30. The Morgan fingerprint density at radius 1 is 0.596 bits per heavy atom. The number of nitrogens with zero attached hydrogens (tertiary/aromatic N) is 4. The molecule has 0 spiro atoms. The van der Waals surface area contributed by atoms with Gasteiger partial charge < -0.3 is 19.3 Å². The van der Waals surface area contributed by atoms with Gasteiger partial charge in [0.25, 0.3) is 0 Å². The second-order valence-electron chi connectivity index (χ2n) is 12.2. The van der Waals surface area contributed by atoms with Crippen molar-refractivity contribution in [3.05, 3.63) is 0 Å². The number of fused-ring (bicyclic) bond motifs is 3. The second kappa shape index (κ2) is 26.3. The normalized spacial score (nSPS) is 36.0. The lowest BCUT2D eigenvalue weighted by Gasteiger charge is -2.34. The summed E-state index contributed by atoms with van der Waals surface area (Å²) in [6.07, 6.45) is 15.1. The second-order valence-corrected chi connectivity index (χ2v) is 25.9. The van der Waals surface area contributed by atoms with Crippen molar-refractivity contribution in [2.24, 2.45) is 0 Å². The van der Waals surface area contributed by atoms with Crippen LogP contribution in [0, 0.1) is 0 Å². The summed E-state index contributed by atoms with van der Waals surface area (Å²) in [4.78, 5) is 0. The van der Waals surface area contributed by atoms with Crippen LogP contribution in [-0.2, 0) is 51.1 Å². The Bertz CT molecular complexity index is 831. The standard InChI is InChI=1S/C14H30N2O2P2S2.C10H24N2P2S2.C6H12O2.CH4/c1-5-9-15-19-11-12-20(16(10-6-2)22(15)21)18-14(8-4)13(7-3)17-19;1-5-7-11-13(3)9-10-14(4)12(8-6-2)16(11)15;7-5-3-1-2-4-6(5)8;/h13-14H,5-12H2,1-4H3;5-10H2,1-4H3;5-8H,1-4H2;1H4/t13-,14+,19?,20?,22?;;5-,6+;. The van der Waals surface area contributed by atoms with E-state index in [0.717, 1.165) is 76.8 Å². The van der Waals surface area contributed by atoms with Crippen molar-refractivity contribution in [1.29, 1.82) is 0 Å². The highest BCUT2D eigenvalue weighted by molar-refractivity contribution is 8.29. The average molecular weight is 815 g/mol. The molecule has 16 heteroatoms. The number of aliphatic hydroxyl groups excluding tert-OH is 2. The predicted molar refractivity (Wildman–Crippen MR) is 224 cm³/mol. The van der Waals surface area contributed by atoms with E-state index in [1.165, 1.54) is 38.3 Å². The largest absolute Gasteiger partial charge is 0.390 e. The van der Waals surface area contributed by atoms with Crippen molar-refractivity contribution in [1.82, 2.24) is 16.3 Å². The molecule has 282 valence electrons. The van der Waals surface area contributed by atoms with Gasteiger partial charge in [-0.3, -0.25) is 0 Å². The minimum Gasteiger partial charge on any atom is -0.390 e. The van der Waals surface area contributed by atoms with Gasteiger partial charge in [-0.05, 0) is 116 Å². The van der Waals surface area contributed by atoms with Crippen molar-refractivity contribution in [3.8, 4) is 0 Å². The van der Waals surface area contributed by atoms with Gasteiger partial charge in [0, 0.05) is 58.2 Å². The lowest BCUT2D eigenvalue weighted by atomic mass is 9.95. The SMILES string of the molecule is C.CCCN1P(C)CCP(C)N(CCC)S1=S.CCCN1P2CCP(O[C@H](CC)[C@H](CC)O2)N(CCC)S1=S.O[C@@H]1CCCC[C@@H]1O. The molecule has 8 nitrogen and oxygen atoms in total. The number of aliphatic hydroxyl groups is 2. The van der Waals surface area contributed by atoms with E-state index in [0.29, 0.717) is 0 Å². The summed E-state index contributed by atoms with van der Waals surface area (Å²) >= 11 is 11.8. The Morgan fingerprint density at radius 2 is 0.915 bits per heavy atom. The van der Waals surface area contributed by atoms with Crippen LogP contribution in [0.4, 0.5) is 0 Å². The minimum atomic E-state index is -0.561. The molecular formula is C31H70N4O4P4S4. The van der Waals surface area contributed by atoms with Crippen LogP contribution in [0.3, 0.4) is 0 Å². The molecule has 2 bridgehead atoms. The molecule has 3 saturated heterocycles. The Morgan fingerprint density at radius 3 is 1.21 bits per heavy atom. The smallest absolute Gasteiger partial charge is 0.116 e. The van der Waals surface area contributed by atoms with Crippen LogP contribution in [0.25, 0.3) is 0 Å². The zero-order valence-corrected chi connectivity index (χ0v) is 36.8. The Kier molecular flexibility index (Phi) is 26.7.